The summed E-state index contributed by atoms with van der Waals surface area (Å²) in [6.45, 7) is 3.68. The molecule has 0 spiro atoms. The topological polar surface area (TPSA) is 67.9 Å². The zero-order valence-electron chi connectivity index (χ0n) is 19.8. The van der Waals surface area contributed by atoms with Gasteiger partial charge in [-0.15, -0.1) is 0 Å². The van der Waals surface area contributed by atoms with Gasteiger partial charge in [0.25, 0.3) is 11.8 Å². The number of para-hydroxylation sites is 1. The van der Waals surface area contributed by atoms with Crippen molar-refractivity contribution < 1.29 is 19.1 Å². The Hall–Kier alpha value is -3.14. The fraction of sp³-hybridized carbons (Fsp3) is 0.148. The Bertz CT molecular complexity index is 1390. The van der Waals surface area contributed by atoms with Gasteiger partial charge in [-0.3, -0.25) is 14.5 Å². The molecule has 2 amide bonds. The van der Waals surface area contributed by atoms with Crippen LogP contribution in [0.5, 0.6) is 11.5 Å². The molecule has 3 aromatic rings. The zero-order chi connectivity index (χ0) is 25.8. The highest BCUT2D eigenvalue weighted by molar-refractivity contribution is 9.10. The first kappa shape index (κ1) is 25.9. The predicted octanol–water partition coefficient (Wildman–Crippen LogP) is 6.50. The number of halogens is 1. The largest absolute Gasteiger partial charge is 0.493 e. The maximum Gasteiger partial charge on any atom is 0.270 e. The molecular weight excluding hydrogens is 560 g/mol. The molecule has 1 aliphatic heterocycles. The van der Waals surface area contributed by atoms with Gasteiger partial charge in [-0.1, -0.05) is 64.2 Å². The van der Waals surface area contributed by atoms with Crippen LogP contribution >= 0.6 is 39.9 Å². The van der Waals surface area contributed by atoms with E-state index in [9.17, 15) is 9.59 Å². The molecule has 4 rings (SSSR count). The summed E-state index contributed by atoms with van der Waals surface area (Å²) < 4.78 is 12.6. The molecule has 0 atom stereocenters. The van der Waals surface area contributed by atoms with Crippen molar-refractivity contribution in [1.82, 2.24) is 0 Å². The molecule has 36 heavy (non-hydrogen) atoms. The smallest absolute Gasteiger partial charge is 0.270 e. The molecule has 0 aromatic heterocycles. The maximum atomic E-state index is 13.1. The molecule has 0 saturated carbocycles. The average molecular weight is 584 g/mol. The summed E-state index contributed by atoms with van der Waals surface area (Å²) in [4.78, 5) is 27.6. The molecule has 0 radical (unpaired) electrons. The number of rotatable bonds is 7. The minimum atomic E-state index is -0.286. The average Bonchev–Trinajstić information content (AvgIpc) is 3.12. The van der Waals surface area contributed by atoms with Gasteiger partial charge in [-0.2, -0.15) is 0 Å². The number of nitrogens with one attached hydrogen (secondary N) is 1. The monoisotopic (exact) mass is 582 g/mol. The molecule has 6 nitrogen and oxygen atoms in total. The predicted molar refractivity (Wildman–Crippen MR) is 153 cm³/mol. The normalized spacial score (nSPS) is 14.3. The van der Waals surface area contributed by atoms with Crippen molar-refractivity contribution in [2.45, 2.75) is 13.8 Å². The SMILES string of the molecule is COc1cc(/C=C2\SC(=S)N(c3ccccc3C)C2=O)ccc1OCC(=O)Nc1ccc(Br)cc1C. The molecule has 3 aromatic carbocycles. The summed E-state index contributed by atoms with van der Waals surface area (Å²) in [7, 11) is 1.52. The van der Waals surface area contributed by atoms with Gasteiger partial charge in [0.15, 0.2) is 22.4 Å². The van der Waals surface area contributed by atoms with Gasteiger partial charge in [0.1, 0.15) is 0 Å². The lowest BCUT2D eigenvalue weighted by molar-refractivity contribution is -0.118. The summed E-state index contributed by atoms with van der Waals surface area (Å²) in [6.07, 6.45) is 1.77. The zero-order valence-corrected chi connectivity index (χ0v) is 23.1. The summed E-state index contributed by atoms with van der Waals surface area (Å²) >= 11 is 10.2. The van der Waals surface area contributed by atoms with E-state index in [1.807, 2.05) is 56.3 Å². The summed E-state index contributed by atoms with van der Waals surface area (Å²) in [6, 6.07) is 18.5. The molecule has 0 bridgehead atoms. The summed E-state index contributed by atoms with van der Waals surface area (Å²) in [5.74, 6) is 0.417. The van der Waals surface area contributed by atoms with Gasteiger partial charge in [-0.25, -0.2) is 0 Å². The van der Waals surface area contributed by atoms with E-state index in [2.05, 4.69) is 21.2 Å². The molecule has 1 N–H and O–H groups in total. The maximum absolute atomic E-state index is 13.1. The number of carbonyl (C=O) groups excluding carboxylic acids is 2. The molecule has 1 fully saturated rings. The van der Waals surface area contributed by atoms with E-state index in [-0.39, 0.29) is 18.4 Å². The minimum Gasteiger partial charge on any atom is -0.493 e. The van der Waals surface area contributed by atoms with E-state index in [1.54, 1.807) is 29.2 Å². The Balaban J connectivity index is 1.46. The van der Waals surface area contributed by atoms with Crippen molar-refractivity contribution in [3.05, 3.63) is 86.7 Å². The lowest BCUT2D eigenvalue weighted by atomic mass is 10.1. The van der Waals surface area contributed by atoms with Crippen molar-refractivity contribution in [3.8, 4) is 11.5 Å². The van der Waals surface area contributed by atoms with Crippen LogP contribution in [0.1, 0.15) is 16.7 Å². The number of anilines is 2. The number of hydrogen-bond acceptors (Lipinski definition) is 6. The fourth-order valence-corrected chi connectivity index (χ4v) is 5.39. The molecule has 1 aliphatic rings. The van der Waals surface area contributed by atoms with Gasteiger partial charge < -0.3 is 14.8 Å². The second kappa shape index (κ2) is 11.3. The highest BCUT2D eigenvalue weighted by Crippen LogP contribution is 2.38. The number of aryl methyl sites for hydroxylation is 2. The third kappa shape index (κ3) is 5.80. The first-order chi connectivity index (χ1) is 17.3. The Morgan fingerprint density at radius 3 is 2.58 bits per heavy atom. The molecule has 9 heteroatoms. The van der Waals surface area contributed by atoms with Crippen molar-refractivity contribution in [1.29, 1.82) is 0 Å². The van der Waals surface area contributed by atoms with Crippen molar-refractivity contribution >= 4 is 73.5 Å². The Labute approximate surface area is 227 Å². The number of hydrogen-bond donors (Lipinski definition) is 1. The second-order valence-corrected chi connectivity index (χ2v) is 10.6. The molecule has 0 unspecified atom stereocenters. The van der Waals surface area contributed by atoms with Crippen LogP contribution in [0.4, 0.5) is 11.4 Å². The van der Waals surface area contributed by atoms with Crippen LogP contribution in [0.15, 0.2) is 70.0 Å². The number of methoxy groups -OCH3 is 1. The van der Waals surface area contributed by atoms with Crippen LogP contribution < -0.4 is 19.7 Å². The fourth-order valence-electron chi connectivity index (χ4n) is 3.63. The molecule has 184 valence electrons. The molecule has 0 aliphatic carbocycles. The third-order valence-corrected chi connectivity index (χ3v) is 7.25. The number of benzene rings is 3. The van der Waals surface area contributed by atoms with E-state index < -0.39 is 0 Å². The molecule has 1 heterocycles. The van der Waals surface area contributed by atoms with Crippen molar-refractivity contribution in [2.24, 2.45) is 0 Å². The van der Waals surface area contributed by atoms with Crippen LogP contribution in [0, 0.1) is 13.8 Å². The molecular formula is C27H23BrN2O4S2. The van der Waals surface area contributed by atoms with E-state index in [0.717, 1.165) is 32.5 Å². The van der Waals surface area contributed by atoms with Crippen LogP contribution in [0.2, 0.25) is 0 Å². The number of thiocarbonyl (C=S) groups is 1. The lowest BCUT2D eigenvalue weighted by Crippen LogP contribution is -2.28. The van der Waals surface area contributed by atoms with Gasteiger partial charge in [0, 0.05) is 10.2 Å². The van der Waals surface area contributed by atoms with E-state index in [1.165, 1.54) is 18.9 Å². The highest BCUT2D eigenvalue weighted by atomic mass is 79.9. The van der Waals surface area contributed by atoms with Crippen LogP contribution in [0.25, 0.3) is 6.08 Å². The van der Waals surface area contributed by atoms with Gasteiger partial charge in [0.05, 0.1) is 17.7 Å². The first-order valence-electron chi connectivity index (χ1n) is 11.0. The number of amides is 2. The van der Waals surface area contributed by atoms with Crippen molar-refractivity contribution in [2.75, 3.05) is 23.9 Å². The number of carbonyl (C=O) groups is 2. The Kier molecular flexibility index (Phi) is 8.13. The van der Waals surface area contributed by atoms with Gasteiger partial charge in [0.2, 0.25) is 0 Å². The minimum absolute atomic E-state index is 0.168. The number of nitrogens with zero attached hydrogens (tertiary/aromatic N) is 1. The Morgan fingerprint density at radius 1 is 1.08 bits per heavy atom. The molecule has 1 saturated heterocycles. The van der Waals surface area contributed by atoms with E-state index >= 15 is 0 Å². The van der Waals surface area contributed by atoms with Crippen LogP contribution in [-0.4, -0.2) is 29.9 Å². The number of ether oxygens (including phenoxy) is 2. The Morgan fingerprint density at radius 2 is 1.86 bits per heavy atom. The summed E-state index contributed by atoms with van der Waals surface area (Å²) in [5.41, 5.74) is 4.16. The standard InChI is InChI=1S/C27H23BrN2O4S2/c1-16-6-4-5-7-21(16)30-26(32)24(36-27(30)35)14-18-8-11-22(23(13-18)33-3)34-15-25(31)29-20-10-9-19(28)12-17(20)2/h4-14H,15H2,1-3H3,(H,29,31)/b24-14-. The van der Waals surface area contributed by atoms with Crippen molar-refractivity contribution in [3.63, 3.8) is 0 Å². The number of thioether (sulfide) groups is 1. The summed E-state index contributed by atoms with van der Waals surface area (Å²) in [5, 5.41) is 2.84. The quantitative estimate of drug-likeness (QED) is 0.253. The van der Waals surface area contributed by atoms with E-state index in [4.69, 9.17) is 21.7 Å². The van der Waals surface area contributed by atoms with E-state index in [0.29, 0.717) is 20.7 Å². The van der Waals surface area contributed by atoms with Gasteiger partial charge in [-0.05, 0) is 73.0 Å². The first-order valence-corrected chi connectivity index (χ1v) is 13.0. The van der Waals surface area contributed by atoms with Crippen LogP contribution in [-0.2, 0) is 9.59 Å². The third-order valence-electron chi connectivity index (χ3n) is 5.46. The van der Waals surface area contributed by atoms with Crippen LogP contribution in [0.3, 0.4) is 0 Å². The lowest BCUT2D eigenvalue weighted by Gasteiger charge is -2.16. The highest BCUT2D eigenvalue weighted by Gasteiger charge is 2.34. The second-order valence-electron chi connectivity index (χ2n) is 8.01. The van der Waals surface area contributed by atoms with Gasteiger partial charge >= 0.3 is 0 Å².